The van der Waals surface area contributed by atoms with Gasteiger partial charge in [-0.2, -0.15) is 13.2 Å². The molecule has 2 fully saturated rings. The number of hydrogen-bond acceptors (Lipinski definition) is 6. The number of halogens is 6. The molecule has 0 unspecified atom stereocenters. The third-order valence-corrected chi connectivity index (χ3v) is 11.3. The molecule has 296 valence electrons. The predicted octanol–water partition coefficient (Wildman–Crippen LogP) is 11.0. The summed E-state index contributed by atoms with van der Waals surface area (Å²) in [6.45, 7) is 10.6. The van der Waals surface area contributed by atoms with Crippen molar-refractivity contribution in [2.45, 2.75) is 96.2 Å². The Kier molecular flexibility index (Phi) is 12.4. The van der Waals surface area contributed by atoms with Crippen LogP contribution in [-0.4, -0.2) is 54.5 Å². The summed E-state index contributed by atoms with van der Waals surface area (Å²) in [6.07, 6.45) is -1.97. The highest BCUT2D eigenvalue weighted by Crippen LogP contribution is 2.48. The van der Waals surface area contributed by atoms with E-state index < -0.39 is 35.9 Å². The molecule has 55 heavy (non-hydrogen) atoms. The average Bonchev–Trinajstić information content (AvgIpc) is 3.17. The molecule has 12 heteroatoms. The Bertz CT molecular complexity index is 1810. The van der Waals surface area contributed by atoms with E-state index in [1.54, 1.807) is 25.6 Å². The lowest BCUT2D eigenvalue weighted by Crippen LogP contribution is -2.39. The smallest absolute Gasteiger partial charge is 0.416 e. The number of aliphatic imine (C=N–C) groups is 1. The van der Waals surface area contributed by atoms with Crippen molar-refractivity contribution in [1.82, 2.24) is 9.97 Å². The summed E-state index contributed by atoms with van der Waals surface area (Å²) < 4.78 is 100. The molecule has 0 N–H and O–H groups in total. The summed E-state index contributed by atoms with van der Waals surface area (Å²) in [7, 11) is 1.59. The molecule has 2 atom stereocenters. The van der Waals surface area contributed by atoms with Gasteiger partial charge in [0.25, 0.3) is 0 Å². The van der Waals surface area contributed by atoms with Crippen molar-refractivity contribution in [1.29, 1.82) is 0 Å². The maximum absolute atomic E-state index is 17.8. The van der Waals surface area contributed by atoms with Gasteiger partial charge in [-0.15, -0.1) is 0 Å². The number of ether oxygens (including phenoxy) is 2. The van der Waals surface area contributed by atoms with Crippen LogP contribution in [0.15, 0.2) is 95.3 Å². The molecule has 2 aliphatic heterocycles. The van der Waals surface area contributed by atoms with Crippen molar-refractivity contribution in [2.24, 2.45) is 22.2 Å². The van der Waals surface area contributed by atoms with Gasteiger partial charge >= 0.3 is 6.18 Å². The summed E-state index contributed by atoms with van der Waals surface area (Å²) in [5, 5.41) is 0. The number of nitrogens with zero attached hydrogens (tertiary/aromatic N) is 4. The van der Waals surface area contributed by atoms with Gasteiger partial charge in [-0.25, -0.2) is 23.1 Å². The molecule has 0 bridgehead atoms. The van der Waals surface area contributed by atoms with Crippen molar-refractivity contribution in [2.75, 3.05) is 31.6 Å². The Labute approximate surface area is 319 Å². The summed E-state index contributed by atoms with van der Waals surface area (Å²) in [6, 6.07) is 13.3. The van der Waals surface area contributed by atoms with Crippen molar-refractivity contribution in [3.8, 4) is 5.75 Å². The van der Waals surface area contributed by atoms with Crippen LogP contribution in [0.3, 0.4) is 0 Å². The van der Waals surface area contributed by atoms with E-state index in [4.69, 9.17) is 14.5 Å². The molecule has 3 heterocycles. The van der Waals surface area contributed by atoms with E-state index in [1.807, 2.05) is 24.3 Å². The maximum atomic E-state index is 17.8. The topological polar surface area (TPSA) is 59.8 Å². The third-order valence-electron chi connectivity index (χ3n) is 11.3. The zero-order valence-corrected chi connectivity index (χ0v) is 31.7. The van der Waals surface area contributed by atoms with Crippen LogP contribution >= 0.6 is 0 Å². The standard InChI is InChI=1S/C43H50F6N4O2/c1-28-35(55-27-29-6-12-34(54-4)13-7-29)26-41(2,3)20-23-50-39(32-16-24-53(25-17-32)40-51-21-5-22-52-40)37(36(28)30-14-18-42(45,46)19-15-30)38(44)31-8-10-33(11-9-31)43(47,48)49/h5-13,21-22,30,32,35,38H,1,14-20,23-27H2,2-4H3/b37-36+,50-39?/t35-,38-/m0/s1. The van der Waals surface area contributed by atoms with E-state index in [9.17, 15) is 22.0 Å². The quantitative estimate of drug-likeness (QED) is 0.203. The molecular formula is C43H50F6N4O2. The van der Waals surface area contributed by atoms with Crippen LogP contribution in [0, 0.1) is 17.3 Å². The summed E-state index contributed by atoms with van der Waals surface area (Å²) in [5.74, 6) is -2.28. The van der Waals surface area contributed by atoms with E-state index in [1.165, 1.54) is 12.1 Å². The van der Waals surface area contributed by atoms with Gasteiger partial charge in [0, 0.05) is 62.1 Å². The zero-order chi connectivity index (χ0) is 39.4. The molecule has 1 aliphatic carbocycles. The Hall–Kier alpha value is -4.19. The van der Waals surface area contributed by atoms with Crippen LogP contribution < -0.4 is 9.64 Å². The summed E-state index contributed by atoms with van der Waals surface area (Å²) >= 11 is 0. The van der Waals surface area contributed by atoms with Crippen molar-refractivity contribution in [3.05, 3.63) is 107 Å². The molecule has 1 saturated heterocycles. The van der Waals surface area contributed by atoms with Crippen molar-refractivity contribution >= 4 is 11.7 Å². The van der Waals surface area contributed by atoms with E-state index in [-0.39, 0.29) is 54.8 Å². The molecule has 3 aliphatic rings. The normalized spacial score (nSPS) is 23.6. The molecule has 6 rings (SSSR count). The molecule has 0 radical (unpaired) electrons. The molecular weight excluding hydrogens is 718 g/mol. The summed E-state index contributed by atoms with van der Waals surface area (Å²) in [4.78, 5) is 16.1. The minimum atomic E-state index is -4.60. The maximum Gasteiger partial charge on any atom is 0.416 e. The third kappa shape index (κ3) is 9.98. The largest absolute Gasteiger partial charge is 0.497 e. The lowest BCUT2D eigenvalue weighted by atomic mass is 9.70. The molecule has 2 aromatic carbocycles. The average molecular weight is 769 g/mol. The molecule has 6 nitrogen and oxygen atoms in total. The van der Waals surface area contributed by atoms with E-state index in [2.05, 4.69) is 35.3 Å². The van der Waals surface area contributed by atoms with Gasteiger partial charge in [0.2, 0.25) is 11.9 Å². The van der Waals surface area contributed by atoms with Crippen LogP contribution in [0.4, 0.5) is 32.3 Å². The lowest BCUT2D eigenvalue weighted by Gasteiger charge is -2.40. The van der Waals surface area contributed by atoms with Gasteiger partial charge in [0.15, 0.2) is 6.17 Å². The second-order valence-corrected chi connectivity index (χ2v) is 15.8. The first-order valence-corrected chi connectivity index (χ1v) is 19.1. The highest BCUT2D eigenvalue weighted by Gasteiger charge is 2.42. The van der Waals surface area contributed by atoms with Crippen molar-refractivity contribution in [3.63, 3.8) is 0 Å². The highest BCUT2D eigenvalue weighted by atomic mass is 19.4. The molecule has 1 saturated carbocycles. The Balaban J connectivity index is 1.48. The number of rotatable bonds is 9. The predicted molar refractivity (Wildman–Crippen MR) is 202 cm³/mol. The zero-order valence-electron chi connectivity index (χ0n) is 31.7. The Morgan fingerprint density at radius 1 is 0.891 bits per heavy atom. The summed E-state index contributed by atoms with van der Waals surface area (Å²) in [5.41, 5.74) is 1.51. The monoisotopic (exact) mass is 768 g/mol. The van der Waals surface area contributed by atoms with Crippen LogP contribution in [-0.2, 0) is 17.5 Å². The highest BCUT2D eigenvalue weighted by molar-refractivity contribution is 6.04. The first-order chi connectivity index (χ1) is 26.1. The van der Waals surface area contributed by atoms with Crippen LogP contribution in [0.25, 0.3) is 0 Å². The minimum absolute atomic E-state index is 0.0327. The number of benzene rings is 2. The number of piperidine rings is 1. The van der Waals surface area contributed by atoms with E-state index in [0.29, 0.717) is 73.9 Å². The number of methoxy groups -OCH3 is 1. The first-order valence-electron chi connectivity index (χ1n) is 19.1. The second kappa shape index (κ2) is 16.9. The Morgan fingerprint density at radius 3 is 2.13 bits per heavy atom. The second-order valence-electron chi connectivity index (χ2n) is 15.8. The fourth-order valence-corrected chi connectivity index (χ4v) is 8.10. The minimum Gasteiger partial charge on any atom is -0.497 e. The van der Waals surface area contributed by atoms with Gasteiger partial charge in [0.1, 0.15) is 5.75 Å². The van der Waals surface area contributed by atoms with Crippen LogP contribution in [0.2, 0.25) is 0 Å². The fourth-order valence-electron chi connectivity index (χ4n) is 8.10. The van der Waals surface area contributed by atoms with Gasteiger partial charge in [-0.1, -0.05) is 44.7 Å². The van der Waals surface area contributed by atoms with Crippen LogP contribution in [0.1, 0.15) is 88.1 Å². The van der Waals surface area contributed by atoms with Gasteiger partial charge < -0.3 is 14.4 Å². The Morgan fingerprint density at radius 2 is 1.53 bits per heavy atom. The SMILES string of the molecule is C=C1/C(C2CCC(F)(F)CC2)=C(/[C@@H](F)c2ccc(C(F)(F)F)cc2)C(C2CCN(c3ncccn3)CC2)=NCCC(C)(C)C[C@@H]1OCc1ccc(OC)cc1. The number of aromatic nitrogens is 2. The molecule has 1 aromatic heterocycles. The van der Waals surface area contributed by atoms with Crippen molar-refractivity contribution < 1.29 is 35.8 Å². The van der Waals surface area contributed by atoms with Crippen LogP contribution in [0.5, 0.6) is 5.75 Å². The molecule has 0 spiro atoms. The lowest BCUT2D eigenvalue weighted by molar-refractivity contribution is -0.137. The van der Waals surface area contributed by atoms with E-state index in [0.717, 1.165) is 17.7 Å². The van der Waals surface area contributed by atoms with Gasteiger partial charge in [0.05, 0.1) is 25.4 Å². The number of hydrogen-bond donors (Lipinski definition) is 0. The van der Waals surface area contributed by atoms with Gasteiger partial charge in [-0.05, 0) is 102 Å². The first kappa shape index (κ1) is 40.5. The van der Waals surface area contributed by atoms with E-state index >= 15 is 4.39 Å². The molecule has 3 aromatic rings. The fraction of sp³-hybridized carbons (Fsp3) is 0.512. The number of allylic oxidation sites excluding steroid dienone is 1. The number of alkyl halides is 6. The van der Waals surface area contributed by atoms with Gasteiger partial charge in [-0.3, -0.25) is 4.99 Å². The molecule has 0 amide bonds. The number of anilines is 1.